The molecule has 1 aromatic heterocycles. The van der Waals surface area contributed by atoms with E-state index in [0.29, 0.717) is 22.3 Å². The molecule has 0 bridgehead atoms. The molecular weight excluding hydrogens is 561 g/mol. The Balaban J connectivity index is 1.54. The molecule has 2 N–H and O–H groups in total. The maximum atomic E-state index is 13.0. The number of benzene rings is 3. The Kier molecular flexibility index (Phi) is 8.90. The molecule has 0 aliphatic heterocycles. The van der Waals surface area contributed by atoms with Gasteiger partial charge in [-0.25, -0.2) is 8.42 Å². The number of aliphatic carboxylic acids is 1. The zero-order valence-corrected chi connectivity index (χ0v) is 22.5. The second-order valence-electron chi connectivity index (χ2n) is 8.89. The highest BCUT2D eigenvalue weighted by atomic mass is 32.2. The summed E-state index contributed by atoms with van der Waals surface area (Å²) in [6.07, 6.45) is -3.24. The summed E-state index contributed by atoms with van der Waals surface area (Å²) in [7, 11) is -4.19. The number of hydrogen-bond acceptors (Lipinski definition) is 5. The summed E-state index contributed by atoms with van der Waals surface area (Å²) in [6.45, 7) is 2.09. The second kappa shape index (κ2) is 12.4. The maximum absolute atomic E-state index is 13.0. The van der Waals surface area contributed by atoms with Gasteiger partial charge in [0, 0.05) is 30.1 Å². The fourth-order valence-electron chi connectivity index (χ4n) is 4.17. The Morgan fingerprint density at radius 1 is 1.02 bits per heavy atom. The summed E-state index contributed by atoms with van der Waals surface area (Å²) < 4.78 is 76.8. The van der Waals surface area contributed by atoms with E-state index in [-0.39, 0.29) is 30.2 Å². The number of hydrogen-bond donors (Lipinski definition) is 2. The highest BCUT2D eigenvalue weighted by molar-refractivity contribution is 7.89. The van der Waals surface area contributed by atoms with Crippen LogP contribution >= 0.6 is 0 Å². The average molecular weight is 587 g/mol. The molecule has 12 heteroatoms. The number of ether oxygens (including phenoxy) is 2. The van der Waals surface area contributed by atoms with E-state index >= 15 is 0 Å². The molecule has 0 aliphatic carbocycles. The van der Waals surface area contributed by atoms with Gasteiger partial charge in [0.05, 0.1) is 4.90 Å². The van der Waals surface area contributed by atoms with Crippen molar-refractivity contribution in [1.82, 2.24) is 9.29 Å². The molecule has 4 rings (SSSR count). The van der Waals surface area contributed by atoms with Gasteiger partial charge < -0.3 is 19.1 Å². The maximum Gasteiger partial charge on any atom is 0.573 e. The lowest BCUT2D eigenvalue weighted by Crippen LogP contribution is -2.42. The Labute approximate surface area is 234 Å². The van der Waals surface area contributed by atoms with Gasteiger partial charge in [-0.2, -0.15) is 4.72 Å². The van der Waals surface area contributed by atoms with Crippen molar-refractivity contribution in [2.24, 2.45) is 0 Å². The van der Waals surface area contributed by atoms with Crippen LogP contribution in [0.15, 0.2) is 83.9 Å². The number of alkyl halides is 3. The zero-order chi connectivity index (χ0) is 29.6. The number of para-hydroxylation sites is 1. The third-order valence-corrected chi connectivity index (χ3v) is 7.51. The van der Waals surface area contributed by atoms with Crippen LogP contribution < -0.4 is 14.2 Å². The van der Waals surface area contributed by atoms with Crippen LogP contribution in [0.25, 0.3) is 10.9 Å². The lowest BCUT2D eigenvalue weighted by Gasteiger charge is -2.15. The van der Waals surface area contributed by atoms with Crippen LogP contribution in [0.3, 0.4) is 0 Å². The number of carboxylic acid groups (broad SMARTS) is 1. The molecule has 0 saturated carbocycles. The van der Waals surface area contributed by atoms with Crippen LogP contribution in [0.5, 0.6) is 11.5 Å². The number of nitrogens with zero attached hydrogens (tertiary/aromatic N) is 1. The first-order chi connectivity index (χ1) is 19.4. The van der Waals surface area contributed by atoms with Crippen molar-refractivity contribution in [1.29, 1.82) is 0 Å². The van der Waals surface area contributed by atoms with E-state index in [1.54, 1.807) is 31.3 Å². The van der Waals surface area contributed by atoms with Crippen molar-refractivity contribution in [2.75, 3.05) is 6.61 Å². The van der Waals surface area contributed by atoms with Gasteiger partial charge in [-0.05, 0) is 60.5 Å². The minimum atomic E-state index is -4.79. The van der Waals surface area contributed by atoms with Crippen molar-refractivity contribution in [3.63, 3.8) is 0 Å². The van der Waals surface area contributed by atoms with Gasteiger partial charge in [0.1, 0.15) is 24.1 Å². The second-order valence-corrected chi connectivity index (χ2v) is 10.6. The smallest absolute Gasteiger partial charge is 0.481 e. The first-order valence-corrected chi connectivity index (χ1v) is 13.7. The predicted molar refractivity (Wildman–Crippen MR) is 145 cm³/mol. The molecule has 0 aliphatic rings. The Morgan fingerprint density at radius 3 is 2.32 bits per heavy atom. The average Bonchev–Trinajstić information content (AvgIpc) is 3.26. The monoisotopic (exact) mass is 586 g/mol. The van der Waals surface area contributed by atoms with E-state index in [4.69, 9.17) is 4.74 Å². The van der Waals surface area contributed by atoms with Gasteiger partial charge in [-0.1, -0.05) is 36.3 Å². The van der Waals surface area contributed by atoms with E-state index in [2.05, 4.69) is 21.3 Å². The molecule has 214 valence electrons. The van der Waals surface area contributed by atoms with Gasteiger partial charge in [0.2, 0.25) is 10.0 Å². The highest BCUT2D eigenvalue weighted by Gasteiger charge is 2.31. The number of nitrogens with one attached hydrogen (secondary N) is 1. The SMILES string of the molecule is CC#CCOc1ccc(S(=O)(=O)N[C@H](Cc2cn(Cc3ccc(OC(F)(F)F)cc3)c3ccccc23)C(=O)O)cc1. The van der Waals surface area contributed by atoms with E-state index in [0.717, 1.165) is 5.52 Å². The molecule has 0 radical (unpaired) electrons. The standard InChI is InChI=1S/C29H25F3N2O6S/c1-2-3-16-39-22-12-14-24(15-13-22)41(37,38)33-26(28(35)36)17-21-19-34(27-7-5-4-6-25(21)27)18-20-8-10-23(11-9-20)40-29(30,31)32/h4-15,19,26,33H,16-18H2,1H3,(H,35,36)/t26-/m1/s1. The number of aromatic nitrogens is 1. The molecule has 0 fully saturated rings. The number of sulfonamides is 1. The molecule has 0 spiro atoms. The third kappa shape index (κ3) is 7.81. The van der Waals surface area contributed by atoms with E-state index in [1.165, 1.54) is 48.5 Å². The number of carboxylic acids is 1. The molecule has 0 unspecified atom stereocenters. The van der Waals surface area contributed by atoms with Gasteiger partial charge in [0.15, 0.2) is 0 Å². The Morgan fingerprint density at radius 2 is 1.68 bits per heavy atom. The molecular formula is C29H25F3N2O6S. The molecule has 4 aromatic rings. The third-order valence-electron chi connectivity index (χ3n) is 6.02. The minimum Gasteiger partial charge on any atom is -0.481 e. The summed E-state index contributed by atoms with van der Waals surface area (Å²) in [5.74, 6) is 4.12. The number of halogens is 3. The predicted octanol–water partition coefficient (Wildman–Crippen LogP) is 4.96. The largest absolute Gasteiger partial charge is 0.573 e. The van der Waals surface area contributed by atoms with Crippen LogP contribution in [-0.4, -0.2) is 43.1 Å². The van der Waals surface area contributed by atoms with Crippen LogP contribution in [0, 0.1) is 11.8 Å². The summed E-state index contributed by atoms with van der Waals surface area (Å²) in [5.41, 5.74) is 2.00. The van der Waals surface area contributed by atoms with Gasteiger partial charge in [-0.3, -0.25) is 4.79 Å². The van der Waals surface area contributed by atoms with E-state index in [1.807, 2.05) is 10.6 Å². The minimum absolute atomic E-state index is 0.127. The lowest BCUT2D eigenvalue weighted by atomic mass is 10.1. The summed E-state index contributed by atoms with van der Waals surface area (Å²) >= 11 is 0. The van der Waals surface area contributed by atoms with Crippen molar-refractivity contribution < 1.29 is 41.0 Å². The van der Waals surface area contributed by atoms with Gasteiger partial charge in [0.25, 0.3) is 0 Å². The fraction of sp³-hybridized carbons (Fsp3) is 0.207. The quantitative estimate of drug-likeness (QED) is 0.241. The zero-order valence-electron chi connectivity index (χ0n) is 21.7. The van der Waals surface area contributed by atoms with Crippen LogP contribution in [-0.2, 0) is 27.8 Å². The molecule has 0 amide bonds. The Hall–Kier alpha value is -4.47. The van der Waals surface area contributed by atoms with E-state index in [9.17, 15) is 31.5 Å². The fourth-order valence-corrected chi connectivity index (χ4v) is 5.36. The van der Waals surface area contributed by atoms with Crippen molar-refractivity contribution in [3.8, 4) is 23.3 Å². The van der Waals surface area contributed by atoms with Crippen LogP contribution in [0.4, 0.5) is 13.2 Å². The first kappa shape index (κ1) is 29.5. The summed E-state index contributed by atoms with van der Waals surface area (Å²) in [5, 5.41) is 10.6. The topological polar surface area (TPSA) is 107 Å². The normalized spacial score (nSPS) is 12.4. The summed E-state index contributed by atoms with van der Waals surface area (Å²) in [6, 6.07) is 16.6. The number of rotatable bonds is 11. The summed E-state index contributed by atoms with van der Waals surface area (Å²) in [4.78, 5) is 12.0. The molecule has 1 atom stereocenters. The molecule has 41 heavy (non-hydrogen) atoms. The number of carbonyl (C=O) groups is 1. The lowest BCUT2D eigenvalue weighted by molar-refractivity contribution is -0.274. The molecule has 8 nitrogen and oxygen atoms in total. The molecule has 3 aromatic carbocycles. The van der Waals surface area contributed by atoms with Crippen molar-refractivity contribution in [3.05, 3.63) is 90.1 Å². The molecule has 0 saturated heterocycles. The van der Waals surface area contributed by atoms with Crippen molar-refractivity contribution >= 4 is 26.9 Å². The van der Waals surface area contributed by atoms with Crippen LogP contribution in [0.2, 0.25) is 0 Å². The number of fused-ring (bicyclic) bond motifs is 1. The van der Waals surface area contributed by atoms with E-state index < -0.39 is 28.4 Å². The van der Waals surface area contributed by atoms with Crippen LogP contribution in [0.1, 0.15) is 18.1 Å². The first-order valence-electron chi connectivity index (χ1n) is 12.2. The van der Waals surface area contributed by atoms with Gasteiger partial charge in [-0.15, -0.1) is 19.1 Å². The molecule has 1 heterocycles. The van der Waals surface area contributed by atoms with Crippen molar-refractivity contribution in [2.45, 2.75) is 37.2 Å². The van der Waals surface area contributed by atoms with Gasteiger partial charge >= 0.3 is 12.3 Å². The highest BCUT2D eigenvalue weighted by Crippen LogP contribution is 2.26. The Bertz CT molecular complexity index is 1690.